The second kappa shape index (κ2) is 8.20. The van der Waals surface area contributed by atoms with E-state index >= 15 is 0 Å². The molecule has 6 rings (SSSR count). The van der Waals surface area contributed by atoms with Gasteiger partial charge in [-0.1, -0.05) is 0 Å². The van der Waals surface area contributed by atoms with Crippen molar-refractivity contribution in [2.24, 2.45) is 5.92 Å². The number of nitrogens with zero attached hydrogens (tertiary/aromatic N) is 6. The fraction of sp³-hybridized carbons (Fsp3) is 0.333. The molecule has 1 saturated carbocycles. The standard InChI is InChI=1S/C24H17F6N7O/c25-13-3-4-17(32-9-13)23(12-1-2-12)14-10-33-19(35-18(14)36-21(23)38)16-11-37-8-7-31-20(37)15(34-16)5-6-22(26,27)24(28,29)30/h3-4,7-12H,1-2,5-6H2,(H,33,35,36,38). The van der Waals surface area contributed by atoms with E-state index in [1.807, 2.05) is 0 Å². The van der Waals surface area contributed by atoms with E-state index in [0.29, 0.717) is 11.3 Å². The van der Waals surface area contributed by atoms with Crippen molar-refractivity contribution in [2.75, 3.05) is 5.32 Å². The minimum Gasteiger partial charge on any atom is -0.309 e. The van der Waals surface area contributed by atoms with Gasteiger partial charge in [0.25, 0.3) is 0 Å². The number of carbonyl (C=O) groups excluding carboxylic acids is 1. The minimum atomic E-state index is -5.69. The normalized spacial score (nSPS) is 19.6. The highest BCUT2D eigenvalue weighted by Crippen LogP contribution is 2.55. The second-order valence-electron chi connectivity index (χ2n) is 9.29. The van der Waals surface area contributed by atoms with Crippen LogP contribution in [-0.2, 0) is 16.6 Å². The third-order valence-corrected chi connectivity index (χ3v) is 6.89. The summed E-state index contributed by atoms with van der Waals surface area (Å²) in [6, 6.07) is 2.68. The van der Waals surface area contributed by atoms with Gasteiger partial charge in [0, 0.05) is 36.8 Å². The Morgan fingerprint density at radius 2 is 1.84 bits per heavy atom. The van der Waals surface area contributed by atoms with Crippen molar-refractivity contribution < 1.29 is 31.1 Å². The van der Waals surface area contributed by atoms with Crippen molar-refractivity contribution in [3.63, 3.8) is 0 Å². The zero-order chi connectivity index (χ0) is 26.9. The van der Waals surface area contributed by atoms with Crippen LogP contribution in [0.3, 0.4) is 0 Å². The zero-order valence-electron chi connectivity index (χ0n) is 19.3. The lowest BCUT2D eigenvalue weighted by Gasteiger charge is -2.26. The molecule has 1 aliphatic carbocycles. The fourth-order valence-electron chi connectivity index (χ4n) is 4.90. The van der Waals surface area contributed by atoms with E-state index in [9.17, 15) is 31.1 Å². The molecule has 0 saturated heterocycles. The molecule has 4 aromatic heterocycles. The molecule has 1 N–H and O–H groups in total. The van der Waals surface area contributed by atoms with Crippen molar-refractivity contribution >= 4 is 17.4 Å². The second-order valence-corrected chi connectivity index (χ2v) is 9.29. The molecule has 0 spiro atoms. The molecule has 8 nitrogen and oxygen atoms in total. The Hall–Kier alpha value is -4.10. The molecule has 0 radical (unpaired) electrons. The molecule has 1 amide bonds. The minimum absolute atomic E-state index is 0.0159. The number of carbonyl (C=O) groups is 1. The maximum Gasteiger partial charge on any atom is 0.453 e. The molecular weight excluding hydrogens is 516 g/mol. The molecule has 1 atom stereocenters. The summed E-state index contributed by atoms with van der Waals surface area (Å²) in [5.41, 5.74) is -0.260. The summed E-state index contributed by atoms with van der Waals surface area (Å²) in [4.78, 5) is 34.5. The van der Waals surface area contributed by atoms with Crippen LogP contribution < -0.4 is 5.32 Å². The third-order valence-electron chi connectivity index (χ3n) is 6.89. The zero-order valence-corrected chi connectivity index (χ0v) is 19.3. The molecule has 0 aromatic carbocycles. The van der Waals surface area contributed by atoms with Crippen molar-refractivity contribution in [3.05, 3.63) is 65.9 Å². The number of hydrogen-bond acceptors (Lipinski definition) is 6. The maximum atomic E-state index is 13.6. The third kappa shape index (κ3) is 3.69. The van der Waals surface area contributed by atoms with Gasteiger partial charge < -0.3 is 9.72 Å². The summed E-state index contributed by atoms with van der Waals surface area (Å²) in [7, 11) is 0. The summed E-state index contributed by atoms with van der Waals surface area (Å²) in [6.07, 6.45) is 0.373. The lowest BCUT2D eigenvalue weighted by atomic mass is 9.75. The van der Waals surface area contributed by atoms with Gasteiger partial charge in [0.1, 0.15) is 22.7 Å². The van der Waals surface area contributed by atoms with Crippen LogP contribution in [0.25, 0.3) is 17.2 Å². The van der Waals surface area contributed by atoms with Gasteiger partial charge in [0.05, 0.1) is 17.6 Å². The van der Waals surface area contributed by atoms with Gasteiger partial charge in [-0.25, -0.2) is 24.3 Å². The highest BCUT2D eigenvalue weighted by molar-refractivity contribution is 6.08. The van der Waals surface area contributed by atoms with E-state index in [2.05, 4.69) is 30.2 Å². The first-order chi connectivity index (χ1) is 18.0. The monoisotopic (exact) mass is 533 g/mol. The van der Waals surface area contributed by atoms with Crippen LogP contribution in [0, 0.1) is 11.7 Å². The average Bonchev–Trinajstić information content (AvgIpc) is 3.52. The Morgan fingerprint density at radius 3 is 2.53 bits per heavy atom. The van der Waals surface area contributed by atoms with E-state index in [1.165, 1.54) is 41.3 Å². The van der Waals surface area contributed by atoms with Crippen molar-refractivity contribution in [2.45, 2.75) is 43.2 Å². The van der Waals surface area contributed by atoms with Gasteiger partial charge in [-0.05, 0) is 37.3 Å². The molecule has 1 unspecified atom stereocenters. The first-order valence-corrected chi connectivity index (χ1v) is 11.6. The Kier molecular flexibility index (Phi) is 5.23. The number of imidazole rings is 1. The van der Waals surface area contributed by atoms with E-state index in [-0.39, 0.29) is 40.5 Å². The quantitative estimate of drug-likeness (QED) is 0.367. The SMILES string of the molecule is O=C1Nc2nc(-c3cn4ccnc4c(CCC(F)(F)C(F)(F)F)n3)ncc2C1(c1ccc(F)cn1)C1CC1. The van der Waals surface area contributed by atoms with Crippen molar-refractivity contribution in [1.82, 2.24) is 29.3 Å². The number of aryl methyl sites for hydroxylation is 1. The van der Waals surface area contributed by atoms with Gasteiger partial charge >= 0.3 is 12.1 Å². The van der Waals surface area contributed by atoms with Crippen LogP contribution in [0.4, 0.5) is 32.2 Å². The first kappa shape index (κ1) is 24.2. The predicted molar refractivity (Wildman–Crippen MR) is 120 cm³/mol. The lowest BCUT2D eigenvalue weighted by Crippen LogP contribution is -2.39. The molecule has 2 aliphatic rings. The lowest BCUT2D eigenvalue weighted by molar-refractivity contribution is -0.284. The van der Waals surface area contributed by atoms with Crippen LogP contribution in [0.15, 0.2) is 43.1 Å². The Bertz CT molecular complexity index is 1570. The van der Waals surface area contributed by atoms with E-state index in [0.717, 1.165) is 19.0 Å². The fourth-order valence-corrected chi connectivity index (χ4v) is 4.90. The van der Waals surface area contributed by atoms with Gasteiger partial charge in [0.2, 0.25) is 5.91 Å². The highest BCUT2D eigenvalue weighted by atomic mass is 19.4. The molecular formula is C24H17F6N7O. The largest absolute Gasteiger partial charge is 0.453 e. The maximum absolute atomic E-state index is 13.6. The summed E-state index contributed by atoms with van der Waals surface area (Å²) < 4.78 is 80.2. The van der Waals surface area contributed by atoms with Crippen LogP contribution in [-0.4, -0.2) is 47.3 Å². The van der Waals surface area contributed by atoms with Crippen LogP contribution in [0.1, 0.15) is 36.2 Å². The molecule has 196 valence electrons. The smallest absolute Gasteiger partial charge is 0.309 e. The molecule has 38 heavy (non-hydrogen) atoms. The topological polar surface area (TPSA) is 98.0 Å². The number of nitrogens with one attached hydrogen (secondary N) is 1. The number of aromatic nitrogens is 6. The average molecular weight is 533 g/mol. The van der Waals surface area contributed by atoms with Crippen LogP contribution in [0.2, 0.25) is 0 Å². The number of hydrogen-bond donors (Lipinski definition) is 1. The number of rotatable bonds is 6. The summed E-state index contributed by atoms with van der Waals surface area (Å²) in [5, 5.41) is 2.75. The molecule has 5 heterocycles. The molecule has 4 aromatic rings. The number of fused-ring (bicyclic) bond motifs is 2. The van der Waals surface area contributed by atoms with Gasteiger partial charge in [0.15, 0.2) is 11.5 Å². The number of amides is 1. The van der Waals surface area contributed by atoms with Crippen LogP contribution >= 0.6 is 0 Å². The molecule has 0 bridgehead atoms. The highest BCUT2D eigenvalue weighted by Gasteiger charge is 2.59. The summed E-state index contributed by atoms with van der Waals surface area (Å²) in [6.45, 7) is 0. The molecule has 1 fully saturated rings. The number of halogens is 6. The van der Waals surface area contributed by atoms with Crippen LogP contribution in [0.5, 0.6) is 0 Å². The summed E-state index contributed by atoms with van der Waals surface area (Å²) in [5.74, 6) is -5.71. The van der Waals surface area contributed by atoms with Gasteiger partial charge in [-0.3, -0.25) is 9.78 Å². The Morgan fingerprint density at radius 1 is 1.05 bits per heavy atom. The number of pyridine rings is 1. The van der Waals surface area contributed by atoms with Gasteiger partial charge in [-0.15, -0.1) is 0 Å². The van der Waals surface area contributed by atoms with E-state index in [4.69, 9.17) is 0 Å². The summed E-state index contributed by atoms with van der Waals surface area (Å²) >= 11 is 0. The van der Waals surface area contributed by atoms with E-state index < -0.39 is 36.2 Å². The number of anilines is 1. The van der Waals surface area contributed by atoms with Crippen molar-refractivity contribution in [1.29, 1.82) is 0 Å². The Labute approximate surface area is 210 Å². The molecule has 1 aliphatic heterocycles. The first-order valence-electron chi connectivity index (χ1n) is 11.6. The van der Waals surface area contributed by atoms with Crippen molar-refractivity contribution in [3.8, 4) is 11.5 Å². The number of alkyl halides is 5. The molecule has 14 heteroatoms. The van der Waals surface area contributed by atoms with Gasteiger partial charge in [-0.2, -0.15) is 22.0 Å². The van der Waals surface area contributed by atoms with E-state index in [1.54, 1.807) is 0 Å². The predicted octanol–water partition coefficient (Wildman–Crippen LogP) is 4.50. The Balaban J connectivity index is 1.40.